The molecule has 1 aromatic heterocycles. The fraction of sp³-hybridized carbons (Fsp3) is 0. The first-order valence-corrected chi connectivity index (χ1v) is 8.12. The van der Waals surface area contributed by atoms with Gasteiger partial charge in [-0.1, -0.05) is 24.3 Å². The molecule has 3 nitrogen and oxygen atoms in total. The van der Waals surface area contributed by atoms with Gasteiger partial charge in [0.25, 0.3) is 0 Å². The molecule has 0 radical (unpaired) electrons. The molecule has 23 heavy (non-hydrogen) atoms. The van der Waals surface area contributed by atoms with Crippen LogP contribution in [0.1, 0.15) is 4.88 Å². The minimum Gasteiger partial charge on any atom is -0.356 e. The first-order valence-electron chi connectivity index (χ1n) is 7.24. The van der Waals surface area contributed by atoms with Gasteiger partial charge < -0.3 is 10.6 Å². The summed E-state index contributed by atoms with van der Waals surface area (Å²) in [6.45, 7) is 0. The SMILES string of the molecule is O=C(/C=C/c1cccs1)Nc1ccc(Nc2ccccc2)cc1. The topological polar surface area (TPSA) is 41.1 Å². The molecule has 0 saturated carbocycles. The van der Waals surface area contributed by atoms with E-state index < -0.39 is 0 Å². The number of amides is 1. The molecule has 0 aliphatic rings. The van der Waals surface area contributed by atoms with Gasteiger partial charge in [-0.3, -0.25) is 4.79 Å². The molecule has 2 aromatic carbocycles. The fourth-order valence-corrected chi connectivity index (χ4v) is 2.67. The Morgan fingerprint density at radius 2 is 1.52 bits per heavy atom. The Morgan fingerprint density at radius 1 is 0.826 bits per heavy atom. The third-order valence-corrected chi connectivity index (χ3v) is 3.99. The van der Waals surface area contributed by atoms with E-state index in [1.165, 1.54) is 0 Å². The van der Waals surface area contributed by atoms with Gasteiger partial charge in [0, 0.05) is 28.0 Å². The highest BCUT2D eigenvalue weighted by Crippen LogP contribution is 2.18. The summed E-state index contributed by atoms with van der Waals surface area (Å²) < 4.78 is 0. The van der Waals surface area contributed by atoms with E-state index in [9.17, 15) is 4.79 Å². The number of hydrogen-bond donors (Lipinski definition) is 2. The summed E-state index contributed by atoms with van der Waals surface area (Å²) in [5.41, 5.74) is 2.77. The second-order valence-electron chi connectivity index (χ2n) is 4.91. The maximum atomic E-state index is 11.9. The monoisotopic (exact) mass is 320 g/mol. The molecular formula is C19H16N2OS. The van der Waals surface area contributed by atoms with Crippen LogP contribution in [0.15, 0.2) is 78.2 Å². The summed E-state index contributed by atoms with van der Waals surface area (Å²) in [6.07, 6.45) is 3.35. The smallest absolute Gasteiger partial charge is 0.248 e. The second kappa shape index (κ2) is 7.42. The van der Waals surface area contributed by atoms with Crippen LogP contribution < -0.4 is 10.6 Å². The van der Waals surface area contributed by atoms with Gasteiger partial charge in [0.15, 0.2) is 0 Å². The summed E-state index contributed by atoms with van der Waals surface area (Å²) in [5.74, 6) is -0.137. The molecule has 0 bridgehead atoms. The number of hydrogen-bond acceptors (Lipinski definition) is 3. The number of para-hydroxylation sites is 1. The van der Waals surface area contributed by atoms with Crippen molar-refractivity contribution in [1.82, 2.24) is 0 Å². The predicted molar refractivity (Wildman–Crippen MR) is 98.1 cm³/mol. The molecule has 0 atom stereocenters. The first-order chi connectivity index (χ1) is 11.3. The van der Waals surface area contributed by atoms with Crippen LogP contribution in [0, 0.1) is 0 Å². The van der Waals surface area contributed by atoms with Crippen LogP contribution in [-0.4, -0.2) is 5.91 Å². The van der Waals surface area contributed by atoms with Crippen molar-refractivity contribution in [2.24, 2.45) is 0 Å². The van der Waals surface area contributed by atoms with Crippen molar-refractivity contribution in [2.45, 2.75) is 0 Å². The normalized spacial score (nSPS) is 10.6. The average molecular weight is 320 g/mol. The molecule has 0 fully saturated rings. The van der Waals surface area contributed by atoms with Crippen molar-refractivity contribution in [3.05, 3.63) is 83.1 Å². The van der Waals surface area contributed by atoms with Gasteiger partial charge in [0.05, 0.1) is 0 Å². The lowest BCUT2D eigenvalue weighted by Gasteiger charge is -2.07. The molecule has 0 unspecified atom stereocenters. The minimum atomic E-state index is -0.137. The largest absolute Gasteiger partial charge is 0.356 e. The van der Waals surface area contributed by atoms with Crippen LogP contribution >= 0.6 is 11.3 Å². The van der Waals surface area contributed by atoms with E-state index in [2.05, 4.69) is 10.6 Å². The number of thiophene rings is 1. The highest BCUT2D eigenvalue weighted by Gasteiger charge is 1.99. The van der Waals surface area contributed by atoms with E-state index in [1.807, 2.05) is 78.2 Å². The summed E-state index contributed by atoms with van der Waals surface area (Å²) >= 11 is 1.60. The molecular weight excluding hydrogens is 304 g/mol. The standard InChI is InChI=1S/C19H16N2OS/c22-19(13-12-18-7-4-14-23-18)21-17-10-8-16(9-11-17)20-15-5-2-1-3-6-15/h1-14,20H,(H,21,22)/b13-12+. The van der Waals surface area contributed by atoms with Crippen molar-refractivity contribution in [1.29, 1.82) is 0 Å². The Morgan fingerprint density at radius 3 is 2.22 bits per heavy atom. The van der Waals surface area contributed by atoms with Gasteiger partial charge >= 0.3 is 0 Å². The van der Waals surface area contributed by atoms with E-state index in [4.69, 9.17) is 0 Å². The highest BCUT2D eigenvalue weighted by atomic mass is 32.1. The molecule has 1 amide bonds. The maximum absolute atomic E-state index is 11.9. The van der Waals surface area contributed by atoms with Crippen LogP contribution in [0.2, 0.25) is 0 Å². The van der Waals surface area contributed by atoms with E-state index in [-0.39, 0.29) is 5.91 Å². The number of carbonyl (C=O) groups is 1. The van der Waals surface area contributed by atoms with Gasteiger partial charge in [0.1, 0.15) is 0 Å². The van der Waals surface area contributed by atoms with Gasteiger partial charge in [0.2, 0.25) is 5.91 Å². The lowest BCUT2D eigenvalue weighted by atomic mass is 10.2. The third kappa shape index (κ3) is 4.56. The molecule has 0 spiro atoms. The fourth-order valence-electron chi connectivity index (χ4n) is 2.05. The molecule has 4 heteroatoms. The Bertz CT molecular complexity index is 778. The molecule has 2 N–H and O–H groups in total. The number of carbonyl (C=O) groups excluding carboxylic acids is 1. The van der Waals surface area contributed by atoms with Gasteiger partial charge in [-0.05, 0) is 53.9 Å². The summed E-state index contributed by atoms with van der Waals surface area (Å²) in [5, 5.41) is 8.13. The van der Waals surface area contributed by atoms with Crippen molar-refractivity contribution < 1.29 is 4.79 Å². The van der Waals surface area contributed by atoms with Crippen molar-refractivity contribution in [3.8, 4) is 0 Å². The van der Waals surface area contributed by atoms with E-state index in [1.54, 1.807) is 17.4 Å². The van der Waals surface area contributed by atoms with Gasteiger partial charge in [-0.2, -0.15) is 0 Å². The highest BCUT2D eigenvalue weighted by molar-refractivity contribution is 7.10. The third-order valence-electron chi connectivity index (χ3n) is 3.16. The molecule has 1 heterocycles. The Balaban J connectivity index is 1.58. The van der Waals surface area contributed by atoms with Crippen LogP contribution in [0.25, 0.3) is 6.08 Å². The van der Waals surface area contributed by atoms with Crippen molar-refractivity contribution in [2.75, 3.05) is 10.6 Å². The van der Waals surface area contributed by atoms with Crippen LogP contribution in [-0.2, 0) is 4.79 Å². The summed E-state index contributed by atoms with van der Waals surface area (Å²) in [4.78, 5) is 12.9. The molecule has 0 aliphatic carbocycles. The number of anilines is 3. The zero-order chi connectivity index (χ0) is 15.9. The average Bonchev–Trinajstić information content (AvgIpc) is 3.09. The lowest BCUT2D eigenvalue weighted by molar-refractivity contribution is -0.111. The predicted octanol–water partition coefficient (Wildman–Crippen LogP) is 5.14. The van der Waals surface area contributed by atoms with E-state index >= 15 is 0 Å². The molecule has 0 saturated heterocycles. The molecule has 0 aliphatic heterocycles. The van der Waals surface area contributed by atoms with Gasteiger partial charge in [-0.25, -0.2) is 0 Å². The zero-order valence-corrected chi connectivity index (χ0v) is 13.2. The molecule has 3 aromatic rings. The zero-order valence-electron chi connectivity index (χ0n) is 12.4. The maximum Gasteiger partial charge on any atom is 0.248 e. The number of rotatable bonds is 5. The Labute approximate surface area is 139 Å². The van der Waals surface area contributed by atoms with Crippen molar-refractivity contribution >= 4 is 40.4 Å². The van der Waals surface area contributed by atoms with Gasteiger partial charge in [-0.15, -0.1) is 11.3 Å². The summed E-state index contributed by atoms with van der Waals surface area (Å²) in [6, 6.07) is 21.5. The number of benzene rings is 2. The first kappa shape index (κ1) is 15.1. The molecule has 3 rings (SSSR count). The quantitative estimate of drug-likeness (QED) is 0.639. The van der Waals surface area contributed by atoms with Crippen LogP contribution in [0.5, 0.6) is 0 Å². The van der Waals surface area contributed by atoms with Crippen LogP contribution in [0.4, 0.5) is 17.1 Å². The van der Waals surface area contributed by atoms with E-state index in [0.29, 0.717) is 0 Å². The Kier molecular flexibility index (Phi) is 4.86. The second-order valence-corrected chi connectivity index (χ2v) is 5.89. The number of nitrogens with one attached hydrogen (secondary N) is 2. The molecule has 114 valence electrons. The van der Waals surface area contributed by atoms with Crippen LogP contribution in [0.3, 0.4) is 0 Å². The summed E-state index contributed by atoms with van der Waals surface area (Å²) in [7, 11) is 0. The minimum absolute atomic E-state index is 0.137. The van der Waals surface area contributed by atoms with Crippen molar-refractivity contribution in [3.63, 3.8) is 0 Å². The Hall–Kier alpha value is -2.85. The lowest BCUT2D eigenvalue weighted by Crippen LogP contribution is -2.07. The van der Waals surface area contributed by atoms with E-state index in [0.717, 1.165) is 21.9 Å².